The first-order valence-corrected chi connectivity index (χ1v) is 6.04. The molecule has 0 aliphatic carbocycles. The minimum Gasteiger partial charge on any atom is -0.480 e. The van der Waals surface area contributed by atoms with Crippen molar-refractivity contribution in [3.8, 4) is 0 Å². The van der Waals surface area contributed by atoms with E-state index in [4.69, 9.17) is 5.11 Å². The number of hydrogen-bond donors (Lipinski definition) is 2. The Bertz CT molecular complexity index is 337. The van der Waals surface area contributed by atoms with Crippen molar-refractivity contribution in [2.75, 3.05) is 26.7 Å². The Balaban J connectivity index is 2.86. The number of nitrogens with zero attached hydrogens (tertiary/aromatic N) is 2. The molecule has 6 nitrogen and oxygen atoms in total. The van der Waals surface area contributed by atoms with Gasteiger partial charge in [0.25, 0.3) is 5.91 Å². The van der Waals surface area contributed by atoms with Crippen LogP contribution in [0.1, 0.15) is 20.8 Å². The Labute approximate surface area is 107 Å². The molecular formula is C12H22N2O4. The normalized spacial score (nSPS) is 23.8. The summed E-state index contributed by atoms with van der Waals surface area (Å²) in [5, 5.41) is 19.1. The molecule has 1 saturated heterocycles. The number of carbonyl (C=O) groups is 2. The summed E-state index contributed by atoms with van der Waals surface area (Å²) >= 11 is 0. The number of aliphatic hydroxyl groups is 1. The predicted molar refractivity (Wildman–Crippen MR) is 66.1 cm³/mol. The van der Waals surface area contributed by atoms with Crippen LogP contribution in [-0.4, -0.2) is 70.7 Å². The molecule has 0 saturated carbocycles. The summed E-state index contributed by atoms with van der Waals surface area (Å²) in [6.45, 7) is 6.49. The number of carboxylic acids is 1. The molecule has 2 unspecified atom stereocenters. The zero-order valence-electron chi connectivity index (χ0n) is 11.4. The third kappa shape index (κ3) is 3.20. The van der Waals surface area contributed by atoms with Crippen LogP contribution in [0.2, 0.25) is 0 Å². The van der Waals surface area contributed by atoms with Gasteiger partial charge in [-0.3, -0.25) is 4.79 Å². The van der Waals surface area contributed by atoms with Gasteiger partial charge >= 0.3 is 5.97 Å². The van der Waals surface area contributed by atoms with E-state index in [1.807, 2.05) is 11.9 Å². The highest BCUT2D eigenvalue weighted by Gasteiger charge is 2.40. The lowest BCUT2D eigenvalue weighted by Crippen LogP contribution is -2.60. The van der Waals surface area contributed by atoms with Crippen LogP contribution in [0.25, 0.3) is 0 Å². The van der Waals surface area contributed by atoms with Crippen LogP contribution in [-0.2, 0) is 9.59 Å². The molecule has 104 valence electrons. The SMILES string of the molecule is CN1CCN(C(=O)C(O)C(C)(C)C)C(C(=O)O)C1. The number of amides is 1. The van der Waals surface area contributed by atoms with E-state index in [0.717, 1.165) is 0 Å². The average Bonchev–Trinajstić information content (AvgIpc) is 2.25. The van der Waals surface area contributed by atoms with Crippen molar-refractivity contribution in [2.24, 2.45) is 5.41 Å². The fraction of sp³-hybridized carbons (Fsp3) is 0.833. The van der Waals surface area contributed by atoms with Crippen LogP contribution in [0.4, 0.5) is 0 Å². The minimum atomic E-state index is -1.18. The lowest BCUT2D eigenvalue weighted by atomic mass is 9.88. The Morgan fingerprint density at radius 2 is 1.83 bits per heavy atom. The lowest BCUT2D eigenvalue weighted by molar-refractivity contribution is -0.160. The molecule has 18 heavy (non-hydrogen) atoms. The highest BCUT2D eigenvalue weighted by molar-refractivity contribution is 5.87. The number of carbonyl (C=O) groups excluding carboxylic acids is 1. The number of likely N-dealkylation sites (N-methyl/N-ethyl adjacent to an activating group) is 1. The maximum atomic E-state index is 12.2. The third-order valence-corrected chi connectivity index (χ3v) is 3.21. The Hall–Kier alpha value is -1.14. The highest BCUT2D eigenvalue weighted by Crippen LogP contribution is 2.22. The van der Waals surface area contributed by atoms with E-state index >= 15 is 0 Å². The lowest BCUT2D eigenvalue weighted by Gasteiger charge is -2.40. The maximum Gasteiger partial charge on any atom is 0.327 e. The van der Waals surface area contributed by atoms with Gasteiger partial charge < -0.3 is 20.0 Å². The summed E-state index contributed by atoms with van der Waals surface area (Å²) in [4.78, 5) is 26.5. The second-order valence-electron chi connectivity index (χ2n) is 5.92. The fourth-order valence-electron chi connectivity index (χ4n) is 1.92. The molecule has 0 aromatic heterocycles. The van der Waals surface area contributed by atoms with Crippen LogP contribution in [0.3, 0.4) is 0 Å². The van der Waals surface area contributed by atoms with Crippen LogP contribution in [0.5, 0.6) is 0 Å². The molecule has 1 fully saturated rings. The summed E-state index contributed by atoms with van der Waals surface area (Å²) in [5.74, 6) is -1.53. The zero-order valence-corrected chi connectivity index (χ0v) is 11.4. The topological polar surface area (TPSA) is 81.1 Å². The number of hydrogen-bond acceptors (Lipinski definition) is 4. The molecule has 1 aliphatic heterocycles. The van der Waals surface area contributed by atoms with Crippen molar-refractivity contribution >= 4 is 11.9 Å². The average molecular weight is 258 g/mol. The van der Waals surface area contributed by atoms with Crippen LogP contribution >= 0.6 is 0 Å². The number of aliphatic carboxylic acids is 1. The van der Waals surface area contributed by atoms with Gasteiger partial charge in [-0.1, -0.05) is 20.8 Å². The standard InChI is InChI=1S/C12H22N2O4/c1-12(2,3)9(15)10(16)14-6-5-13(4)7-8(14)11(17)18/h8-9,15H,5-7H2,1-4H3,(H,17,18). The molecular weight excluding hydrogens is 236 g/mol. The molecule has 0 aromatic carbocycles. The van der Waals surface area contributed by atoms with Crippen LogP contribution in [0.15, 0.2) is 0 Å². The van der Waals surface area contributed by atoms with Crippen molar-refractivity contribution in [3.05, 3.63) is 0 Å². The van der Waals surface area contributed by atoms with Crippen LogP contribution in [0, 0.1) is 5.41 Å². The number of carboxylic acid groups (broad SMARTS) is 1. The van der Waals surface area contributed by atoms with Crippen LogP contribution < -0.4 is 0 Å². The monoisotopic (exact) mass is 258 g/mol. The summed E-state index contributed by atoms with van der Waals surface area (Å²) in [7, 11) is 1.82. The largest absolute Gasteiger partial charge is 0.480 e. The Morgan fingerprint density at radius 1 is 1.28 bits per heavy atom. The smallest absolute Gasteiger partial charge is 0.327 e. The van der Waals surface area contributed by atoms with Crippen molar-refractivity contribution in [2.45, 2.75) is 32.9 Å². The second kappa shape index (κ2) is 5.24. The Morgan fingerprint density at radius 3 is 2.28 bits per heavy atom. The quantitative estimate of drug-likeness (QED) is 0.705. The van der Waals surface area contributed by atoms with E-state index in [-0.39, 0.29) is 6.54 Å². The van der Waals surface area contributed by atoms with Gasteiger partial charge in [-0.2, -0.15) is 0 Å². The number of rotatable bonds is 2. The van der Waals surface area contributed by atoms with E-state index in [2.05, 4.69) is 0 Å². The molecule has 0 bridgehead atoms. The van der Waals surface area contributed by atoms with Gasteiger partial charge in [0.1, 0.15) is 12.1 Å². The minimum absolute atomic E-state index is 0.290. The number of aliphatic hydroxyl groups excluding tert-OH is 1. The van der Waals surface area contributed by atoms with Gasteiger partial charge in [0.05, 0.1) is 0 Å². The van der Waals surface area contributed by atoms with Gasteiger partial charge in [-0.25, -0.2) is 4.79 Å². The van der Waals surface area contributed by atoms with Gasteiger partial charge in [0.2, 0.25) is 0 Å². The van der Waals surface area contributed by atoms with Crippen molar-refractivity contribution in [1.82, 2.24) is 9.80 Å². The van der Waals surface area contributed by atoms with Crippen molar-refractivity contribution in [3.63, 3.8) is 0 Å². The summed E-state index contributed by atoms with van der Waals surface area (Å²) in [6, 6.07) is -0.881. The number of piperazine rings is 1. The molecule has 1 rings (SSSR count). The first-order valence-electron chi connectivity index (χ1n) is 6.04. The summed E-state index contributed by atoms with van der Waals surface area (Å²) < 4.78 is 0. The highest BCUT2D eigenvalue weighted by atomic mass is 16.4. The van der Waals surface area contributed by atoms with Crippen molar-refractivity contribution < 1.29 is 19.8 Å². The summed E-state index contributed by atoms with van der Waals surface area (Å²) in [5.41, 5.74) is -0.594. The molecule has 0 aromatic rings. The van der Waals surface area contributed by atoms with Gasteiger partial charge in [0.15, 0.2) is 0 Å². The predicted octanol–water partition coefficient (Wildman–Crippen LogP) is -0.379. The van der Waals surface area contributed by atoms with E-state index < -0.39 is 29.4 Å². The molecule has 6 heteroatoms. The van der Waals surface area contributed by atoms with Gasteiger partial charge in [-0.15, -0.1) is 0 Å². The Kier molecular flexibility index (Phi) is 4.34. The molecule has 2 N–H and O–H groups in total. The third-order valence-electron chi connectivity index (χ3n) is 3.21. The van der Waals surface area contributed by atoms with E-state index in [0.29, 0.717) is 13.1 Å². The molecule has 0 radical (unpaired) electrons. The van der Waals surface area contributed by atoms with Crippen molar-refractivity contribution in [1.29, 1.82) is 0 Å². The molecule has 0 spiro atoms. The first kappa shape index (κ1) is 14.9. The second-order valence-corrected chi connectivity index (χ2v) is 5.92. The fourth-order valence-corrected chi connectivity index (χ4v) is 1.92. The molecule has 1 heterocycles. The van der Waals surface area contributed by atoms with E-state index in [9.17, 15) is 14.7 Å². The maximum absolute atomic E-state index is 12.2. The van der Waals surface area contributed by atoms with E-state index in [1.54, 1.807) is 20.8 Å². The zero-order chi connectivity index (χ0) is 14.1. The first-order chi connectivity index (χ1) is 8.14. The molecule has 2 atom stereocenters. The van der Waals surface area contributed by atoms with Gasteiger partial charge in [0, 0.05) is 19.6 Å². The molecule has 1 aliphatic rings. The molecule has 1 amide bonds. The summed E-state index contributed by atoms with van der Waals surface area (Å²) in [6.07, 6.45) is -1.18. The van der Waals surface area contributed by atoms with Gasteiger partial charge in [-0.05, 0) is 12.5 Å². The van der Waals surface area contributed by atoms with E-state index in [1.165, 1.54) is 4.90 Å².